The van der Waals surface area contributed by atoms with Gasteiger partial charge in [-0.2, -0.15) is 0 Å². The smallest absolute Gasteiger partial charge is 0.255 e. The Morgan fingerprint density at radius 3 is 2.62 bits per heavy atom. The molecule has 2 atom stereocenters. The summed E-state index contributed by atoms with van der Waals surface area (Å²) in [6, 6.07) is 7.36. The molecule has 1 aliphatic heterocycles. The third-order valence-electron chi connectivity index (χ3n) is 3.31. The van der Waals surface area contributed by atoms with Crippen molar-refractivity contribution in [3.05, 3.63) is 29.8 Å². The molecular weight excluding hydrogens is 270 g/mol. The minimum atomic E-state index is -0.545. The molecule has 1 aromatic rings. The van der Waals surface area contributed by atoms with Gasteiger partial charge in [-0.1, -0.05) is 6.07 Å². The molecule has 0 saturated carbocycles. The lowest BCUT2D eigenvalue weighted by atomic mass is 10.1. The maximum Gasteiger partial charge on any atom is 0.255 e. The van der Waals surface area contributed by atoms with E-state index >= 15 is 0 Å². The molecule has 0 spiro atoms. The normalized spacial score (nSPS) is 21.9. The largest absolute Gasteiger partial charge is 0.484 e. The highest BCUT2D eigenvalue weighted by Crippen LogP contribution is 2.16. The van der Waals surface area contributed by atoms with Crippen LogP contribution in [-0.4, -0.2) is 48.5 Å². The molecule has 0 radical (unpaired) electrons. The Labute approximate surface area is 124 Å². The van der Waals surface area contributed by atoms with E-state index in [-0.39, 0.29) is 24.6 Å². The highest BCUT2D eigenvalue weighted by atomic mass is 16.5. The first-order chi connectivity index (χ1) is 9.95. The van der Waals surface area contributed by atoms with Gasteiger partial charge in [-0.15, -0.1) is 0 Å². The van der Waals surface area contributed by atoms with Crippen molar-refractivity contribution < 1.29 is 14.3 Å². The Kier molecular flexibility index (Phi) is 4.80. The molecule has 6 nitrogen and oxygen atoms in total. The zero-order chi connectivity index (χ0) is 15.4. The molecule has 0 bridgehead atoms. The number of amides is 2. The maximum atomic E-state index is 12.5. The first-order valence-electron chi connectivity index (χ1n) is 7.02. The van der Waals surface area contributed by atoms with E-state index in [9.17, 15) is 9.59 Å². The van der Waals surface area contributed by atoms with Crippen LogP contribution in [0.4, 0.5) is 0 Å². The van der Waals surface area contributed by atoms with Crippen molar-refractivity contribution in [1.29, 1.82) is 0 Å². The van der Waals surface area contributed by atoms with Crippen molar-refractivity contribution in [2.75, 3.05) is 19.7 Å². The summed E-state index contributed by atoms with van der Waals surface area (Å²) in [4.78, 5) is 25.1. The van der Waals surface area contributed by atoms with Crippen LogP contribution in [0.15, 0.2) is 24.3 Å². The van der Waals surface area contributed by atoms with E-state index in [4.69, 9.17) is 10.5 Å². The van der Waals surface area contributed by atoms with E-state index in [0.29, 0.717) is 24.4 Å². The second-order valence-corrected chi connectivity index (χ2v) is 5.46. The Hall–Kier alpha value is -2.08. The van der Waals surface area contributed by atoms with E-state index in [1.165, 1.54) is 0 Å². The molecule has 1 aliphatic rings. The summed E-state index contributed by atoms with van der Waals surface area (Å²) in [6.07, 6.45) is 0. The summed E-state index contributed by atoms with van der Waals surface area (Å²) >= 11 is 0. The van der Waals surface area contributed by atoms with E-state index in [1.54, 1.807) is 24.3 Å². The van der Waals surface area contributed by atoms with E-state index < -0.39 is 5.91 Å². The lowest BCUT2D eigenvalue weighted by Crippen LogP contribution is -2.55. The van der Waals surface area contributed by atoms with E-state index in [1.807, 2.05) is 4.90 Å². The molecule has 6 heteroatoms. The maximum absolute atomic E-state index is 12.5. The number of hydrogen-bond acceptors (Lipinski definition) is 4. The average Bonchev–Trinajstić information content (AvgIpc) is 2.43. The van der Waals surface area contributed by atoms with E-state index in [0.717, 1.165) is 0 Å². The van der Waals surface area contributed by atoms with Gasteiger partial charge in [-0.25, -0.2) is 0 Å². The van der Waals surface area contributed by atoms with Gasteiger partial charge in [0.05, 0.1) is 0 Å². The number of nitrogens with one attached hydrogen (secondary N) is 1. The fourth-order valence-corrected chi connectivity index (χ4v) is 2.55. The van der Waals surface area contributed by atoms with Gasteiger partial charge in [0.2, 0.25) is 0 Å². The lowest BCUT2D eigenvalue weighted by molar-refractivity contribution is -0.119. The molecule has 21 heavy (non-hydrogen) atoms. The summed E-state index contributed by atoms with van der Waals surface area (Å²) in [6.45, 7) is 5.27. The van der Waals surface area contributed by atoms with E-state index in [2.05, 4.69) is 19.2 Å². The van der Waals surface area contributed by atoms with Crippen LogP contribution in [0, 0.1) is 0 Å². The first kappa shape index (κ1) is 15.3. The summed E-state index contributed by atoms with van der Waals surface area (Å²) in [5.41, 5.74) is 5.59. The van der Waals surface area contributed by atoms with Crippen LogP contribution in [-0.2, 0) is 4.79 Å². The van der Waals surface area contributed by atoms with Crippen LogP contribution in [0.1, 0.15) is 24.2 Å². The SMILES string of the molecule is C[C@H]1CN(C(=O)c2cccc(OCC(N)=O)c2)C[C@H](C)N1. The van der Waals surface area contributed by atoms with Crippen LogP contribution in [0.3, 0.4) is 0 Å². The molecule has 0 unspecified atom stereocenters. The first-order valence-corrected chi connectivity index (χ1v) is 7.02. The zero-order valence-corrected chi connectivity index (χ0v) is 12.3. The molecule has 3 N–H and O–H groups in total. The number of piperazine rings is 1. The Bertz CT molecular complexity index is 523. The molecule has 0 aromatic heterocycles. The van der Waals surface area contributed by atoms with Gasteiger partial charge in [-0.05, 0) is 32.0 Å². The van der Waals surface area contributed by atoms with Gasteiger partial charge in [0.15, 0.2) is 6.61 Å². The molecule has 1 heterocycles. The highest BCUT2D eigenvalue weighted by Gasteiger charge is 2.25. The van der Waals surface area contributed by atoms with Gasteiger partial charge >= 0.3 is 0 Å². The minimum Gasteiger partial charge on any atom is -0.484 e. The van der Waals surface area contributed by atoms with Crippen molar-refractivity contribution in [2.24, 2.45) is 5.73 Å². The van der Waals surface area contributed by atoms with Gasteiger partial charge in [0, 0.05) is 30.7 Å². The summed E-state index contributed by atoms with van der Waals surface area (Å²) in [5, 5.41) is 3.39. The number of nitrogens with zero attached hydrogens (tertiary/aromatic N) is 1. The fraction of sp³-hybridized carbons (Fsp3) is 0.467. The number of primary amides is 1. The van der Waals surface area contributed by atoms with Crippen LogP contribution in [0.25, 0.3) is 0 Å². The number of carbonyl (C=O) groups excluding carboxylic acids is 2. The quantitative estimate of drug-likeness (QED) is 0.839. The third kappa shape index (κ3) is 4.19. The lowest BCUT2D eigenvalue weighted by Gasteiger charge is -2.36. The second-order valence-electron chi connectivity index (χ2n) is 5.46. The molecule has 1 saturated heterocycles. The number of ether oxygens (including phenoxy) is 1. The minimum absolute atomic E-state index is 0.0280. The molecule has 2 rings (SSSR count). The topological polar surface area (TPSA) is 84.7 Å². The molecule has 0 aliphatic carbocycles. The average molecular weight is 291 g/mol. The number of hydrogen-bond donors (Lipinski definition) is 2. The standard InChI is InChI=1S/C15H21N3O3/c1-10-7-18(8-11(2)17-10)15(20)12-4-3-5-13(6-12)21-9-14(16)19/h3-6,10-11,17H,7-9H2,1-2H3,(H2,16,19)/t10-,11-/m0/s1. The van der Waals surface area contributed by atoms with Crippen LogP contribution in [0.5, 0.6) is 5.75 Å². The Morgan fingerprint density at radius 1 is 1.33 bits per heavy atom. The predicted molar refractivity (Wildman–Crippen MR) is 79.1 cm³/mol. The van der Waals surface area contributed by atoms with Crippen LogP contribution >= 0.6 is 0 Å². The monoisotopic (exact) mass is 291 g/mol. The van der Waals surface area contributed by atoms with Crippen molar-refractivity contribution in [2.45, 2.75) is 25.9 Å². The highest BCUT2D eigenvalue weighted by molar-refractivity contribution is 5.94. The van der Waals surface area contributed by atoms with Crippen molar-refractivity contribution in [3.63, 3.8) is 0 Å². The number of nitrogens with two attached hydrogens (primary N) is 1. The second kappa shape index (κ2) is 6.58. The predicted octanol–water partition coefficient (Wildman–Crippen LogP) is 0.373. The fourth-order valence-electron chi connectivity index (χ4n) is 2.55. The summed E-state index contributed by atoms with van der Waals surface area (Å²) in [7, 11) is 0. The zero-order valence-electron chi connectivity index (χ0n) is 12.3. The molecule has 114 valence electrons. The summed E-state index contributed by atoms with van der Waals surface area (Å²) < 4.78 is 5.23. The number of benzene rings is 1. The van der Waals surface area contributed by atoms with Crippen molar-refractivity contribution in [3.8, 4) is 5.75 Å². The van der Waals surface area contributed by atoms with Crippen LogP contribution < -0.4 is 15.8 Å². The molecule has 1 fully saturated rings. The molecular formula is C15H21N3O3. The van der Waals surface area contributed by atoms with Gasteiger partial charge in [0.1, 0.15) is 5.75 Å². The van der Waals surface area contributed by atoms with Gasteiger partial charge in [0.25, 0.3) is 11.8 Å². The van der Waals surface area contributed by atoms with Crippen LogP contribution in [0.2, 0.25) is 0 Å². The third-order valence-corrected chi connectivity index (χ3v) is 3.31. The number of carbonyl (C=O) groups is 2. The van der Waals surface area contributed by atoms with Crippen molar-refractivity contribution >= 4 is 11.8 Å². The van der Waals surface area contributed by atoms with Gasteiger partial charge < -0.3 is 20.7 Å². The van der Waals surface area contributed by atoms with Crippen molar-refractivity contribution in [1.82, 2.24) is 10.2 Å². The molecule has 1 aromatic carbocycles. The van der Waals surface area contributed by atoms with Gasteiger partial charge in [-0.3, -0.25) is 9.59 Å². The Morgan fingerprint density at radius 2 is 2.00 bits per heavy atom. The molecule has 2 amide bonds. The Balaban J connectivity index is 2.08. The number of rotatable bonds is 4. The summed E-state index contributed by atoms with van der Waals surface area (Å²) in [5.74, 6) is -0.105.